The molecule has 0 aliphatic carbocycles. The zero-order valence-corrected chi connectivity index (χ0v) is 6.16. The van der Waals surface area contributed by atoms with E-state index in [1.807, 2.05) is 0 Å². The molecular formula is C7H10F4. The van der Waals surface area contributed by atoms with Crippen molar-refractivity contribution in [2.24, 2.45) is 0 Å². The van der Waals surface area contributed by atoms with E-state index in [9.17, 15) is 17.6 Å². The number of allylic oxidation sites excluding steroid dienone is 1. The van der Waals surface area contributed by atoms with Crippen molar-refractivity contribution in [1.82, 2.24) is 0 Å². The van der Waals surface area contributed by atoms with Gasteiger partial charge in [-0.15, -0.1) is 6.58 Å². The molecule has 0 nitrogen and oxygen atoms in total. The van der Waals surface area contributed by atoms with Crippen molar-refractivity contribution in [1.29, 1.82) is 0 Å². The second kappa shape index (κ2) is 3.74. The summed E-state index contributed by atoms with van der Waals surface area (Å²) in [4.78, 5) is 0. The average Bonchev–Trinajstić information content (AvgIpc) is 2.01. The highest BCUT2D eigenvalue weighted by molar-refractivity contribution is 4.92. The molecule has 0 spiro atoms. The predicted octanol–water partition coefficient (Wildman–Crippen LogP) is 2.89. The second-order valence-corrected chi connectivity index (χ2v) is 2.20. The van der Waals surface area contributed by atoms with Crippen LogP contribution >= 0.6 is 0 Å². The number of alkyl halides is 4. The topological polar surface area (TPSA) is 0 Å². The molecule has 0 fully saturated rings. The van der Waals surface area contributed by atoms with E-state index in [0.717, 1.165) is 6.92 Å². The predicted molar refractivity (Wildman–Crippen MR) is 35.2 cm³/mol. The fourth-order valence-corrected chi connectivity index (χ4v) is 0.547. The van der Waals surface area contributed by atoms with Crippen molar-refractivity contribution in [2.45, 2.75) is 31.6 Å². The summed E-state index contributed by atoms with van der Waals surface area (Å²) < 4.78 is 49.3. The molecule has 2 atom stereocenters. The highest BCUT2D eigenvalue weighted by Gasteiger charge is 2.42. The lowest BCUT2D eigenvalue weighted by Crippen LogP contribution is -2.35. The van der Waals surface area contributed by atoms with E-state index < -0.39 is 24.7 Å². The van der Waals surface area contributed by atoms with E-state index in [1.54, 1.807) is 0 Å². The van der Waals surface area contributed by atoms with E-state index in [4.69, 9.17) is 0 Å². The van der Waals surface area contributed by atoms with Gasteiger partial charge in [0.1, 0.15) is 0 Å². The number of rotatable bonds is 4. The zero-order chi connectivity index (χ0) is 9.07. The normalized spacial score (nSPS) is 17.5. The van der Waals surface area contributed by atoms with Crippen molar-refractivity contribution in [3.63, 3.8) is 0 Å². The maximum Gasteiger partial charge on any atom is 0.281 e. The fourth-order valence-electron chi connectivity index (χ4n) is 0.547. The van der Waals surface area contributed by atoms with Crippen LogP contribution in [0.15, 0.2) is 12.7 Å². The number of hydrogen-bond acceptors (Lipinski definition) is 0. The van der Waals surface area contributed by atoms with Gasteiger partial charge in [0.2, 0.25) is 0 Å². The van der Waals surface area contributed by atoms with Crippen molar-refractivity contribution < 1.29 is 17.6 Å². The minimum Gasteiger partial charge on any atom is -0.239 e. The molecule has 0 saturated carbocycles. The summed E-state index contributed by atoms with van der Waals surface area (Å²) in [6.07, 6.45) is -5.23. The van der Waals surface area contributed by atoms with E-state index in [0.29, 0.717) is 6.08 Å². The van der Waals surface area contributed by atoms with Crippen LogP contribution in [0.2, 0.25) is 0 Å². The largest absolute Gasteiger partial charge is 0.281 e. The fraction of sp³-hybridized carbons (Fsp3) is 0.714. The van der Waals surface area contributed by atoms with Crippen LogP contribution < -0.4 is 0 Å². The quantitative estimate of drug-likeness (QED) is 0.449. The molecule has 0 N–H and O–H groups in total. The lowest BCUT2D eigenvalue weighted by atomic mass is 10.1. The first-order chi connectivity index (χ1) is 4.95. The molecular weight excluding hydrogens is 160 g/mol. The Morgan fingerprint density at radius 3 is 2.18 bits per heavy atom. The summed E-state index contributed by atoms with van der Waals surface area (Å²) in [6, 6.07) is 0. The molecule has 0 aromatic heterocycles. The van der Waals surface area contributed by atoms with E-state index in [-0.39, 0.29) is 0 Å². The SMILES string of the molecule is C=CC(F)C(F)C(F)(F)CC. The van der Waals surface area contributed by atoms with E-state index >= 15 is 0 Å². The third-order valence-corrected chi connectivity index (χ3v) is 1.38. The summed E-state index contributed by atoms with van der Waals surface area (Å²) in [5.41, 5.74) is 0. The molecule has 0 aliphatic rings. The molecule has 0 radical (unpaired) electrons. The summed E-state index contributed by atoms with van der Waals surface area (Å²) in [6.45, 7) is 3.98. The minimum atomic E-state index is -3.59. The maximum absolute atomic E-state index is 12.4. The molecule has 4 heteroatoms. The molecule has 0 bridgehead atoms. The van der Waals surface area contributed by atoms with Crippen LogP contribution in [0.1, 0.15) is 13.3 Å². The molecule has 0 heterocycles. The van der Waals surface area contributed by atoms with Crippen LogP contribution in [0.4, 0.5) is 17.6 Å². The summed E-state index contributed by atoms with van der Waals surface area (Å²) in [5.74, 6) is -3.59. The van der Waals surface area contributed by atoms with Gasteiger partial charge in [-0.2, -0.15) is 0 Å². The van der Waals surface area contributed by atoms with Crippen LogP contribution in [-0.4, -0.2) is 18.3 Å². The number of hydrogen-bond donors (Lipinski definition) is 0. The van der Waals surface area contributed by atoms with Gasteiger partial charge in [-0.25, -0.2) is 17.6 Å². The van der Waals surface area contributed by atoms with Gasteiger partial charge in [0.15, 0.2) is 12.3 Å². The molecule has 0 amide bonds. The Morgan fingerprint density at radius 2 is 1.91 bits per heavy atom. The second-order valence-electron chi connectivity index (χ2n) is 2.20. The van der Waals surface area contributed by atoms with Crippen molar-refractivity contribution in [3.8, 4) is 0 Å². The van der Waals surface area contributed by atoms with Crippen LogP contribution in [0, 0.1) is 0 Å². The lowest BCUT2D eigenvalue weighted by Gasteiger charge is -2.19. The Kier molecular flexibility index (Phi) is 3.55. The molecule has 0 saturated heterocycles. The van der Waals surface area contributed by atoms with Crippen molar-refractivity contribution in [2.75, 3.05) is 0 Å². The Labute approximate surface area is 62.9 Å². The van der Waals surface area contributed by atoms with Gasteiger partial charge in [-0.1, -0.05) is 13.0 Å². The first-order valence-electron chi connectivity index (χ1n) is 3.24. The van der Waals surface area contributed by atoms with Crippen LogP contribution in [0.25, 0.3) is 0 Å². The molecule has 66 valence electrons. The lowest BCUT2D eigenvalue weighted by molar-refractivity contribution is -0.0932. The molecule has 0 aromatic carbocycles. The van der Waals surface area contributed by atoms with E-state index in [2.05, 4.69) is 6.58 Å². The third-order valence-electron chi connectivity index (χ3n) is 1.38. The minimum absolute atomic E-state index is 0.536. The smallest absolute Gasteiger partial charge is 0.239 e. The van der Waals surface area contributed by atoms with Gasteiger partial charge in [0.05, 0.1) is 0 Å². The first kappa shape index (κ1) is 10.5. The highest BCUT2D eigenvalue weighted by atomic mass is 19.3. The summed E-state index contributed by atoms with van der Waals surface area (Å²) >= 11 is 0. The number of halogens is 4. The molecule has 0 aromatic rings. The molecule has 0 rings (SSSR count). The van der Waals surface area contributed by atoms with Gasteiger partial charge in [-0.05, 0) is 0 Å². The Bertz CT molecular complexity index is 132. The first-order valence-corrected chi connectivity index (χ1v) is 3.24. The maximum atomic E-state index is 12.4. The third kappa shape index (κ3) is 2.52. The van der Waals surface area contributed by atoms with Crippen molar-refractivity contribution >= 4 is 0 Å². The molecule has 11 heavy (non-hydrogen) atoms. The average molecular weight is 170 g/mol. The molecule has 0 aliphatic heterocycles. The Morgan fingerprint density at radius 1 is 1.45 bits per heavy atom. The zero-order valence-electron chi connectivity index (χ0n) is 6.16. The van der Waals surface area contributed by atoms with Gasteiger partial charge in [0, 0.05) is 6.42 Å². The van der Waals surface area contributed by atoms with Gasteiger partial charge >= 0.3 is 0 Å². The van der Waals surface area contributed by atoms with Gasteiger partial charge in [0.25, 0.3) is 5.92 Å². The summed E-state index contributed by atoms with van der Waals surface area (Å²) in [7, 11) is 0. The van der Waals surface area contributed by atoms with Gasteiger partial charge < -0.3 is 0 Å². The Balaban J connectivity index is 4.21. The Hall–Kier alpha value is -0.540. The summed E-state index contributed by atoms with van der Waals surface area (Å²) in [5, 5.41) is 0. The van der Waals surface area contributed by atoms with Crippen molar-refractivity contribution in [3.05, 3.63) is 12.7 Å². The molecule has 2 unspecified atom stereocenters. The van der Waals surface area contributed by atoms with Gasteiger partial charge in [-0.3, -0.25) is 0 Å². The monoisotopic (exact) mass is 170 g/mol. The van der Waals surface area contributed by atoms with Crippen LogP contribution in [0.3, 0.4) is 0 Å². The van der Waals surface area contributed by atoms with E-state index in [1.165, 1.54) is 0 Å². The van der Waals surface area contributed by atoms with Crippen LogP contribution in [0.5, 0.6) is 0 Å². The van der Waals surface area contributed by atoms with Crippen LogP contribution in [-0.2, 0) is 0 Å². The highest BCUT2D eigenvalue weighted by Crippen LogP contribution is 2.28. The standard InChI is InChI=1S/C7H10F4/c1-3-5(8)6(9)7(10,11)4-2/h3,5-6H,1,4H2,2H3.